The maximum Gasteiger partial charge on any atom is 0.110 e. The van der Waals surface area contributed by atoms with Crippen LogP contribution in [0.5, 0.6) is 0 Å². The molecule has 0 saturated carbocycles. The third-order valence-electron chi connectivity index (χ3n) is 1.22. The minimum Gasteiger partial charge on any atom is -0.321 e. The van der Waals surface area contributed by atoms with Gasteiger partial charge in [-0.1, -0.05) is 0 Å². The van der Waals surface area contributed by atoms with E-state index in [1.807, 2.05) is 0 Å². The molecule has 0 aromatic heterocycles. The number of alkyl halides is 1. The number of hydrogen-bond donors (Lipinski definition) is 2. The second-order valence-corrected chi connectivity index (χ2v) is 2.10. The van der Waals surface area contributed by atoms with Crippen LogP contribution in [0.2, 0.25) is 0 Å². The fraction of sp³-hybridized carbons (Fsp3) is 1.00. The molecule has 0 atom stereocenters. The molecule has 2 nitrogen and oxygen atoms in total. The molecule has 58 valence electrons. The second-order valence-electron chi connectivity index (χ2n) is 2.10. The second kappa shape index (κ2) is 4.28. The largest absolute Gasteiger partial charge is 0.321 e. The quantitative estimate of drug-likeness (QED) is 0.596. The fourth-order valence-corrected chi connectivity index (χ4v) is 0.541. The summed E-state index contributed by atoms with van der Waals surface area (Å²) in [5, 5.41) is 2.89. The van der Waals surface area contributed by atoms with Crippen molar-refractivity contribution in [2.75, 3.05) is 19.8 Å². The molecule has 1 aliphatic rings. The zero-order valence-electron chi connectivity index (χ0n) is 4.89. The molecular formula is C4H11Cl2FN2. The van der Waals surface area contributed by atoms with E-state index in [2.05, 4.69) is 5.32 Å². The molecule has 0 aromatic carbocycles. The maximum absolute atomic E-state index is 11.7. The van der Waals surface area contributed by atoms with Gasteiger partial charge in [-0.25, -0.2) is 4.39 Å². The third kappa shape index (κ3) is 2.67. The average Bonchev–Trinajstić information content (AvgIpc) is 1.61. The first-order chi connectivity index (χ1) is 3.27. The van der Waals surface area contributed by atoms with Crippen LogP contribution in [0.3, 0.4) is 0 Å². The topological polar surface area (TPSA) is 38.0 Å². The summed E-state index contributed by atoms with van der Waals surface area (Å²) in [4.78, 5) is 0. The van der Waals surface area contributed by atoms with Gasteiger partial charge in [0, 0.05) is 13.1 Å². The van der Waals surface area contributed by atoms with Crippen molar-refractivity contribution in [3.63, 3.8) is 0 Å². The number of halogens is 3. The lowest BCUT2D eigenvalue weighted by Gasteiger charge is -2.36. The van der Waals surface area contributed by atoms with E-state index in [4.69, 9.17) is 5.73 Å². The monoisotopic (exact) mass is 176 g/mol. The lowest BCUT2D eigenvalue weighted by molar-refractivity contribution is 0.217. The Balaban J connectivity index is 0. The van der Waals surface area contributed by atoms with E-state index in [0.29, 0.717) is 13.1 Å². The van der Waals surface area contributed by atoms with Gasteiger partial charge in [0.05, 0.1) is 5.54 Å². The van der Waals surface area contributed by atoms with Crippen LogP contribution in [0, 0.1) is 0 Å². The molecule has 1 aliphatic heterocycles. The Labute approximate surface area is 66.2 Å². The predicted octanol–water partition coefficient (Wildman–Crippen LogP) is 0.100. The van der Waals surface area contributed by atoms with Gasteiger partial charge < -0.3 is 11.1 Å². The lowest BCUT2D eigenvalue weighted by atomic mass is 9.96. The van der Waals surface area contributed by atoms with Gasteiger partial charge in [-0.3, -0.25) is 0 Å². The summed E-state index contributed by atoms with van der Waals surface area (Å²) in [5.74, 6) is 0. The van der Waals surface area contributed by atoms with E-state index in [1.54, 1.807) is 0 Å². The number of nitrogens with one attached hydrogen (secondary N) is 1. The van der Waals surface area contributed by atoms with Crippen molar-refractivity contribution in [1.29, 1.82) is 0 Å². The average molecular weight is 177 g/mol. The summed E-state index contributed by atoms with van der Waals surface area (Å²) in [6, 6.07) is 0. The molecular weight excluding hydrogens is 166 g/mol. The van der Waals surface area contributed by atoms with Crippen molar-refractivity contribution < 1.29 is 4.39 Å². The Morgan fingerprint density at radius 3 is 1.89 bits per heavy atom. The zero-order valence-corrected chi connectivity index (χ0v) is 6.53. The van der Waals surface area contributed by atoms with Crippen molar-refractivity contribution >= 4 is 24.8 Å². The first-order valence-corrected chi connectivity index (χ1v) is 2.32. The van der Waals surface area contributed by atoms with Gasteiger partial charge in [0.1, 0.15) is 6.67 Å². The van der Waals surface area contributed by atoms with Crippen molar-refractivity contribution in [1.82, 2.24) is 5.32 Å². The molecule has 1 rings (SSSR count). The molecule has 0 aromatic rings. The molecule has 0 amide bonds. The van der Waals surface area contributed by atoms with Crippen LogP contribution in [-0.2, 0) is 0 Å². The van der Waals surface area contributed by atoms with E-state index in [9.17, 15) is 4.39 Å². The summed E-state index contributed by atoms with van der Waals surface area (Å²) >= 11 is 0. The van der Waals surface area contributed by atoms with Crippen LogP contribution in [0.25, 0.3) is 0 Å². The van der Waals surface area contributed by atoms with Crippen molar-refractivity contribution in [2.45, 2.75) is 5.54 Å². The van der Waals surface area contributed by atoms with Crippen LogP contribution in [0.1, 0.15) is 0 Å². The highest BCUT2D eigenvalue weighted by atomic mass is 35.5. The van der Waals surface area contributed by atoms with E-state index < -0.39 is 12.2 Å². The highest BCUT2D eigenvalue weighted by Crippen LogP contribution is 2.05. The first kappa shape index (κ1) is 12.1. The molecule has 1 heterocycles. The van der Waals surface area contributed by atoms with Crippen LogP contribution in [-0.4, -0.2) is 25.3 Å². The zero-order chi connectivity index (χ0) is 5.33. The molecule has 0 radical (unpaired) electrons. The van der Waals surface area contributed by atoms with Gasteiger partial charge >= 0.3 is 0 Å². The molecule has 0 bridgehead atoms. The first-order valence-electron chi connectivity index (χ1n) is 2.32. The number of rotatable bonds is 1. The Morgan fingerprint density at radius 1 is 1.44 bits per heavy atom. The van der Waals surface area contributed by atoms with E-state index in [0.717, 1.165) is 0 Å². The maximum atomic E-state index is 11.7. The van der Waals surface area contributed by atoms with Crippen LogP contribution in [0.15, 0.2) is 0 Å². The Hall–Kier alpha value is 0.430. The normalized spacial score (nSPS) is 20.7. The Kier molecular flexibility index (Phi) is 5.77. The van der Waals surface area contributed by atoms with Gasteiger partial charge in [-0.15, -0.1) is 24.8 Å². The van der Waals surface area contributed by atoms with Crippen LogP contribution >= 0.6 is 24.8 Å². The molecule has 1 saturated heterocycles. The van der Waals surface area contributed by atoms with Crippen molar-refractivity contribution in [3.05, 3.63) is 0 Å². The molecule has 5 heteroatoms. The Bertz CT molecular complexity index is 71.5. The molecule has 0 aliphatic carbocycles. The summed E-state index contributed by atoms with van der Waals surface area (Å²) < 4.78 is 11.7. The molecule has 0 unspecified atom stereocenters. The van der Waals surface area contributed by atoms with Gasteiger partial charge in [0.25, 0.3) is 0 Å². The van der Waals surface area contributed by atoms with Crippen molar-refractivity contribution in [2.24, 2.45) is 5.73 Å². The summed E-state index contributed by atoms with van der Waals surface area (Å²) in [6.07, 6.45) is 0. The minimum atomic E-state index is -0.514. The van der Waals surface area contributed by atoms with Crippen molar-refractivity contribution in [3.8, 4) is 0 Å². The SMILES string of the molecule is Cl.Cl.NC1(CF)CNC1. The minimum absolute atomic E-state index is 0. The van der Waals surface area contributed by atoms with Gasteiger partial charge in [0.15, 0.2) is 0 Å². The van der Waals surface area contributed by atoms with Crippen LogP contribution < -0.4 is 11.1 Å². The third-order valence-corrected chi connectivity index (χ3v) is 1.22. The Morgan fingerprint density at radius 2 is 1.89 bits per heavy atom. The molecule has 0 spiro atoms. The molecule has 1 fully saturated rings. The van der Waals surface area contributed by atoms with E-state index in [1.165, 1.54) is 0 Å². The van der Waals surface area contributed by atoms with Gasteiger partial charge in [0.2, 0.25) is 0 Å². The van der Waals surface area contributed by atoms with E-state index >= 15 is 0 Å². The number of nitrogens with two attached hydrogens (primary N) is 1. The smallest absolute Gasteiger partial charge is 0.110 e. The lowest BCUT2D eigenvalue weighted by Crippen LogP contribution is -2.67. The van der Waals surface area contributed by atoms with Crippen LogP contribution in [0.4, 0.5) is 4.39 Å². The number of hydrogen-bond acceptors (Lipinski definition) is 2. The summed E-state index contributed by atoms with van der Waals surface area (Å²) in [7, 11) is 0. The van der Waals surface area contributed by atoms with E-state index in [-0.39, 0.29) is 24.8 Å². The van der Waals surface area contributed by atoms with Gasteiger partial charge in [-0.05, 0) is 0 Å². The molecule has 9 heavy (non-hydrogen) atoms. The van der Waals surface area contributed by atoms with Gasteiger partial charge in [-0.2, -0.15) is 0 Å². The summed E-state index contributed by atoms with van der Waals surface area (Å²) in [5.41, 5.74) is 4.85. The highest BCUT2D eigenvalue weighted by molar-refractivity contribution is 5.85. The highest BCUT2D eigenvalue weighted by Gasteiger charge is 2.31. The predicted molar refractivity (Wildman–Crippen MR) is 40.3 cm³/mol. The standard InChI is InChI=1S/C4H9FN2.2ClH/c5-1-4(6)2-7-3-4;;/h7H,1-3,6H2;2*1H. The fourth-order valence-electron chi connectivity index (χ4n) is 0.541. The summed E-state index contributed by atoms with van der Waals surface area (Å²) in [6.45, 7) is 0.854. The molecule has 3 N–H and O–H groups in total.